The van der Waals surface area contributed by atoms with E-state index < -0.39 is 0 Å². The molecule has 0 radical (unpaired) electrons. The van der Waals surface area contributed by atoms with Crippen LogP contribution >= 0.6 is 0 Å². The third-order valence-corrected chi connectivity index (χ3v) is 3.37. The zero-order valence-corrected chi connectivity index (χ0v) is 16.2. The number of ether oxygens (including phenoxy) is 1. The molecule has 2 rings (SSSR count). The molecule has 0 aliphatic rings. The number of allylic oxidation sites excluding steroid dienone is 3. The van der Waals surface area contributed by atoms with Crippen LogP contribution in [-0.4, -0.2) is 34.6 Å². The molecule has 2 heterocycles. The number of fused-ring (bicyclic) bond motifs is 1. The number of nitrogens with two attached hydrogens (primary N) is 2. The van der Waals surface area contributed by atoms with Crippen molar-refractivity contribution in [2.75, 3.05) is 19.5 Å². The van der Waals surface area contributed by atoms with Crippen molar-refractivity contribution < 1.29 is 9.53 Å². The van der Waals surface area contributed by atoms with Crippen LogP contribution in [0.3, 0.4) is 0 Å². The molecule has 0 spiro atoms. The number of aromatic nitrogens is 3. The van der Waals surface area contributed by atoms with Crippen LogP contribution in [0.15, 0.2) is 37.0 Å². The zero-order chi connectivity index (χ0) is 19.8. The molecule has 0 aromatic carbocycles. The van der Waals surface area contributed by atoms with Crippen LogP contribution in [-0.2, 0) is 22.4 Å². The van der Waals surface area contributed by atoms with Gasteiger partial charge in [-0.1, -0.05) is 18.2 Å². The number of carbonyl (C=O) groups is 1. The molecule has 0 aliphatic heterocycles. The Hall–Kier alpha value is -2.67. The predicted molar refractivity (Wildman–Crippen MR) is 107 cm³/mol. The molecule has 2 aromatic rings. The second kappa shape index (κ2) is 14.7. The quantitative estimate of drug-likeness (QED) is 0.605. The summed E-state index contributed by atoms with van der Waals surface area (Å²) in [6.45, 7) is 6.63. The van der Waals surface area contributed by atoms with E-state index in [-0.39, 0.29) is 0 Å². The first-order valence-electron chi connectivity index (χ1n) is 8.57. The van der Waals surface area contributed by atoms with Gasteiger partial charge in [-0.2, -0.15) is 5.10 Å². The molecule has 0 aliphatic carbocycles. The summed E-state index contributed by atoms with van der Waals surface area (Å²) in [6.07, 6.45) is 13.6. The largest absolute Gasteiger partial charge is 0.405 e. The monoisotopic (exact) mass is 361 g/mol. The molecule has 4 N–H and O–H groups in total. The minimum atomic E-state index is 0.474. The Balaban J connectivity index is 0.000000662. The van der Waals surface area contributed by atoms with Crippen molar-refractivity contribution in [1.82, 2.24) is 14.6 Å². The SMILES string of the molecule is C/C=C/N.C/C=C\Cc1c(CCC=O)cn2ncnc(N)c12.CCOC. The standard InChI is InChI=1S/C13H16N4O.C3H7N.C3H8O/c1-2-3-6-11-10(5-4-7-18)8-17-12(11)13(14)15-9-16-17;1-2-3-4;1-3-4-2/h2-3,7-9H,4-6H2,1H3,(H2,14,15,16);2-3H,4H2,1H3;3H2,1-2H3/b3-2-;3-2+;. The number of hydrogen-bond donors (Lipinski definition) is 2. The molecule has 7 heteroatoms. The number of nitrogen functional groups attached to an aromatic ring is 1. The maximum atomic E-state index is 10.5. The molecule has 26 heavy (non-hydrogen) atoms. The number of aldehydes is 1. The van der Waals surface area contributed by atoms with Gasteiger partial charge in [0.2, 0.25) is 0 Å². The van der Waals surface area contributed by atoms with Crippen LogP contribution in [0, 0.1) is 0 Å². The smallest absolute Gasteiger partial charge is 0.151 e. The molecule has 144 valence electrons. The van der Waals surface area contributed by atoms with Gasteiger partial charge < -0.3 is 21.0 Å². The zero-order valence-electron chi connectivity index (χ0n) is 16.2. The minimum absolute atomic E-state index is 0.474. The van der Waals surface area contributed by atoms with Crippen LogP contribution in [0.5, 0.6) is 0 Å². The van der Waals surface area contributed by atoms with Crippen LogP contribution < -0.4 is 11.5 Å². The number of anilines is 1. The van der Waals surface area contributed by atoms with Gasteiger partial charge in [0.05, 0.1) is 0 Å². The maximum absolute atomic E-state index is 10.5. The second-order valence-corrected chi connectivity index (χ2v) is 5.15. The van der Waals surface area contributed by atoms with Crippen molar-refractivity contribution in [2.45, 2.75) is 40.0 Å². The van der Waals surface area contributed by atoms with Crippen molar-refractivity contribution in [1.29, 1.82) is 0 Å². The lowest BCUT2D eigenvalue weighted by atomic mass is 10.0. The highest BCUT2D eigenvalue weighted by Crippen LogP contribution is 2.23. The van der Waals surface area contributed by atoms with Crippen molar-refractivity contribution in [3.63, 3.8) is 0 Å². The van der Waals surface area contributed by atoms with Gasteiger partial charge in [-0.25, -0.2) is 9.50 Å². The van der Waals surface area contributed by atoms with Gasteiger partial charge in [0.15, 0.2) is 5.82 Å². The summed E-state index contributed by atoms with van der Waals surface area (Å²) in [7, 11) is 1.68. The average Bonchev–Trinajstić information content (AvgIpc) is 3.03. The first kappa shape index (κ1) is 23.3. The van der Waals surface area contributed by atoms with Gasteiger partial charge in [0, 0.05) is 26.3 Å². The molecule has 0 amide bonds. The second-order valence-electron chi connectivity index (χ2n) is 5.15. The van der Waals surface area contributed by atoms with Crippen molar-refractivity contribution in [2.24, 2.45) is 5.73 Å². The predicted octanol–water partition coefficient (Wildman–Crippen LogP) is 2.69. The Bertz CT molecular complexity index is 687. The number of carbonyl (C=O) groups excluding carboxylic acids is 1. The third kappa shape index (κ3) is 7.94. The van der Waals surface area contributed by atoms with E-state index in [2.05, 4.69) is 20.9 Å². The van der Waals surface area contributed by atoms with E-state index in [1.54, 1.807) is 17.7 Å². The maximum Gasteiger partial charge on any atom is 0.151 e. The highest BCUT2D eigenvalue weighted by atomic mass is 16.5. The molecular weight excluding hydrogens is 330 g/mol. The number of nitrogens with zero attached hydrogens (tertiary/aromatic N) is 3. The summed E-state index contributed by atoms with van der Waals surface area (Å²) in [5, 5.41) is 4.15. The van der Waals surface area contributed by atoms with E-state index in [1.165, 1.54) is 12.5 Å². The van der Waals surface area contributed by atoms with E-state index in [1.807, 2.05) is 33.0 Å². The van der Waals surface area contributed by atoms with Crippen molar-refractivity contribution >= 4 is 17.6 Å². The van der Waals surface area contributed by atoms with Crippen LogP contribution in [0.4, 0.5) is 5.82 Å². The lowest BCUT2D eigenvalue weighted by Gasteiger charge is -2.01. The van der Waals surface area contributed by atoms with E-state index >= 15 is 0 Å². The first-order chi connectivity index (χ1) is 12.6. The molecule has 2 aromatic heterocycles. The van der Waals surface area contributed by atoms with Crippen molar-refractivity contribution in [3.05, 3.63) is 48.1 Å². The summed E-state index contributed by atoms with van der Waals surface area (Å²) in [5.74, 6) is 0.474. The van der Waals surface area contributed by atoms with E-state index in [0.29, 0.717) is 18.7 Å². The van der Waals surface area contributed by atoms with Gasteiger partial charge in [-0.05, 0) is 50.9 Å². The number of rotatable bonds is 6. The molecule has 0 atom stereocenters. The van der Waals surface area contributed by atoms with Gasteiger partial charge in [0.1, 0.15) is 18.1 Å². The van der Waals surface area contributed by atoms with Gasteiger partial charge in [-0.15, -0.1) is 0 Å². The molecule has 7 nitrogen and oxygen atoms in total. The molecule has 0 bridgehead atoms. The molecule has 0 fully saturated rings. The Morgan fingerprint density at radius 2 is 1.96 bits per heavy atom. The first-order valence-corrected chi connectivity index (χ1v) is 8.57. The van der Waals surface area contributed by atoms with Gasteiger partial charge in [0.25, 0.3) is 0 Å². The topological polar surface area (TPSA) is 109 Å². The summed E-state index contributed by atoms with van der Waals surface area (Å²) < 4.78 is 6.28. The summed E-state index contributed by atoms with van der Waals surface area (Å²) in [5.41, 5.74) is 13.8. The highest BCUT2D eigenvalue weighted by molar-refractivity contribution is 5.72. The van der Waals surface area contributed by atoms with E-state index in [0.717, 1.165) is 36.0 Å². The lowest BCUT2D eigenvalue weighted by Crippen LogP contribution is -1.99. The van der Waals surface area contributed by atoms with Gasteiger partial charge in [-0.3, -0.25) is 0 Å². The van der Waals surface area contributed by atoms with Crippen LogP contribution in [0.25, 0.3) is 5.52 Å². The summed E-state index contributed by atoms with van der Waals surface area (Å²) in [6, 6.07) is 0. The lowest BCUT2D eigenvalue weighted by molar-refractivity contribution is -0.107. The fraction of sp³-hybridized carbons (Fsp3) is 0.421. The number of aryl methyl sites for hydroxylation is 1. The summed E-state index contributed by atoms with van der Waals surface area (Å²) >= 11 is 0. The Labute approximate surface area is 155 Å². The van der Waals surface area contributed by atoms with Crippen LogP contribution in [0.1, 0.15) is 38.3 Å². The van der Waals surface area contributed by atoms with Crippen LogP contribution in [0.2, 0.25) is 0 Å². The van der Waals surface area contributed by atoms with E-state index in [9.17, 15) is 4.79 Å². The average molecular weight is 361 g/mol. The Morgan fingerprint density at radius 3 is 2.46 bits per heavy atom. The minimum Gasteiger partial charge on any atom is -0.405 e. The fourth-order valence-corrected chi connectivity index (χ4v) is 2.04. The fourth-order valence-electron chi connectivity index (χ4n) is 2.04. The normalized spacial score (nSPS) is 10.5. The molecular formula is C19H31N5O2. The molecule has 0 saturated carbocycles. The Kier molecular flexibility index (Phi) is 13.1. The molecule has 0 unspecified atom stereocenters. The molecule has 0 saturated heterocycles. The Morgan fingerprint density at radius 1 is 1.31 bits per heavy atom. The summed E-state index contributed by atoms with van der Waals surface area (Å²) in [4.78, 5) is 14.5. The third-order valence-electron chi connectivity index (χ3n) is 3.37. The van der Waals surface area contributed by atoms with Gasteiger partial charge >= 0.3 is 0 Å². The van der Waals surface area contributed by atoms with E-state index in [4.69, 9.17) is 11.5 Å². The number of hydrogen-bond acceptors (Lipinski definition) is 6. The highest BCUT2D eigenvalue weighted by Gasteiger charge is 2.13. The van der Waals surface area contributed by atoms with Crippen molar-refractivity contribution in [3.8, 4) is 0 Å². The number of methoxy groups -OCH3 is 1.